The minimum atomic E-state index is -0.117. The lowest BCUT2D eigenvalue weighted by Crippen LogP contribution is -2.50. The van der Waals surface area contributed by atoms with Gasteiger partial charge < -0.3 is 14.3 Å². The van der Waals surface area contributed by atoms with Crippen LogP contribution in [0, 0.1) is 13.8 Å². The zero-order valence-corrected chi connectivity index (χ0v) is 17.3. The van der Waals surface area contributed by atoms with Gasteiger partial charge in [-0.05, 0) is 31.6 Å². The summed E-state index contributed by atoms with van der Waals surface area (Å²) in [7, 11) is 0. The predicted molar refractivity (Wildman–Crippen MR) is 108 cm³/mol. The van der Waals surface area contributed by atoms with Crippen molar-refractivity contribution in [3.63, 3.8) is 0 Å². The molecule has 0 saturated carbocycles. The molecule has 8 heteroatoms. The molecule has 0 radical (unpaired) electrons. The van der Waals surface area contributed by atoms with E-state index in [0.29, 0.717) is 47.5 Å². The molecule has 0 spiro atoms. The number of aryl methyl sites for hydroxylation is 2. The van der Waals surface area contributed by atoms with Crippen molar-refractivity contribution in [2.45, 2.75) is 20.3 Å². The van der Waals surface area contributed by atoms with E-state index < -0.39 is 0 Å². The Morgan fingerprint density at radius 1 is 1.14 bits per heavy atom. The molecule has 0 bridgehead atoms. The van der Waals surface area contributed by atoms with E-state index in [4.69, 9.17) is 27.7 Å². The third kappa shape index (κ3) is 4.56. The highest BCUT2D eigenvalue weighted by molar-refractivity contribution is 6.42. The van der Waals surface area contributed by atoms with Crippen molar-refractivity contribution < 1.29 is 14.1 Å². The lowest BCUT2D eigenvalue weighted by molar-refractivity contribution is -0.136. The van der Waals surface area contributed by atoms with Crippen LogP contribution in [0.3, 0.4) is 0 Å². The standard InChI is InChI=1S/C20H21Cl2N3O3/c1-13-16(14(2)28-23-13)12-19(27)25-10-8-24(9-11-25)18(26)7-6-15-4-3-5-17(21)20(15)22/h3-7H,8-12H2,1-2H3/b7-6+. The first-order valence-electron chi connectivity index (χ1n) is 8.97. The first-order valence-corrected chi connectivity index (χ1v) is 9.73. The van der Waals surface area contributed by atoms with Crippen molar-refractivity contribution in [2.75, 3.05) is 26.2 Å². The number of benzene rings is 1. The maximum absolute atomic E-state index is 12.5. The maximum Gasteiger partial charge on any atom is 0.246 e. The normalized spacial score (nSPS) is 14.7. The second kappa shape index (κ2) is 8.80. The van der Waals surface area contributed by atoms with Crippen LogP contribution in [-0.2, 0) is 16.0 Å². The van der Waals surface area contributed by atoms with Gasteiger partial charge in [-0.3, -0.25) is 9.59 Å². The number of aromatic nitrogens is 1. The minimum absolute atomic E-state index is 0.0164. The average Bonchev–Trinajstić information content (AvgIpc) is 3.01. The Labute approximate surface area is 173 Å². The number of rotatable bonds is 4. The fraction of sp³-hybridized carbons (Fsp3) is 0.350. The SMILES string of the molecule is Cc1noc(C)c1CC(=O)N1CCN(C(=O)/C=C/c2cccc(Cl)c2Cl)CC1. The van der Waals surface area contributed by atoms with Gasteiger partial charge in [0.05, 0.1) is 22.2 Å². The van der Waals surface area contributed by atoms with Crippen LogP contribution in [0.25, 0.3) is 6.08 Å². The van der Waals surface area contributed by atoms with E-state index in [-0.39, 0.29) is 18.2 Å². The number of piperazine rings is 1. The van der Waals surface area contributed by atoms with Crippen LogP contribution in [0.15, 0.2) is 28.8 Å². The number of carbonyl (C=O) groups excluding carboxylic acids is 2. The quantitative estimate of drug-likeness (QED) is 0.708. The van der Waals surface area contributed by atoms with E-state index in [9.17, 15) is 9.59 Å². The van der Waals surface area contributed by atoms with Crippen molar-refractivity contribution >= 4 is 41.1 Å². The molecule has 3 rings (SSSR count). The molecule has 2 aromatic rings. The molecule has 1 saturated heterocycles. The van der Waals surface area contributed by atoms with E-state index in [0.717, 1.165) is 11.3 Å². The summed E-state index contributed by atoms with van der Waals surface area (Å²) in [6.45, 7) is 5.60. The molecular formula is C20H21Cl2N3O3. The molecule has 1 aromatic heterocycles. The van der Waals surface area contributed by atoms with E-state index in [1.807, 2.05) is 6.92 Å². The maximum atomic E-state index is 12.5. The van der Waals surface area contributed by atoms with Crippen LogP contribution in [0.4, 0.5) is 0 Å². The summed E-state index contributed by atoms with van der Waals surface area (Å²) in [4.78, 5) is 28.5. The Balaban J connectivity index is 1.54. The molecule has 1 aliphatic rings. The Morgan fingerprint density at radius 3 is 2.46 bits per heavy atom. The van der Waals surface area contributed by atoms with Crippen molar-refractivity contribution in [3.8, 4) is 0 Å². The van der Waals surface area contributed by atoms with Crippen molar-refractivity contribution in [3.05, 3.63) is 56.9 Å². The molecule has 148 valence electrons. The summed E-state index contributed by atoms with van der Waals surface area (Å²) in [5.41, 5.74) is 2.27. The van der Waals surface area contributed by atoms with Crippen LogP contribution >= 0.6 is 23.2 Å². The first-order chi connectivity index (χ1) is 13.4. The van der Waals surface area contributed by atoms with Crippen LogP contribution in [0.5, 0.6) is 0 Å². The fourth-order valence-electron chi connectivity index (χ4n) is 3.11. The Bertz CT molecular complexity index is 896. The van der Waals surface area contributed by atoms with Gasteiger partial charge in [-0.1, -0.05) is 40.5 Å². The zero-order chi connectivity index (χ0) is 20.3. The number of hydrogen-bond acceptors (Lipinski definition) is 4. The van der Waals surface area contributed by atoms with Gasteiger partial charge in [0.25, 0.3) is 0 Å². The molecule has 1 fully saturated rings. The summed E-state index contributed by atoms with van der Waals surface area (Å²) < 4.78 is 5.11. The van der Waals surface area contributed by atoms with Gasteiger partial charge in [0.15, 0.2) is 0 Å². The van der Waals surface area contributed by atoms with Gasteiger partial charge in [0.1, 0.15) is 5.76 Å². The third-order valence-electron chi connectivity index (χ3n) is 4.84. The zero-order valence-electron chi connectivity index (χ0n) is 15.7. The van der Waals surface area contributed by atoms with Gasteiger partial charge in [0, 0.05) is 37.8 Å². The molecule has 0 aliphatic carbocycles. The number of hydrogen-bond donors (Lipinski definition) is 0. The highest BCUT2D eigenvalue weighted by Gasteiger charge is 2.24. The first kappa shape index (κ1) is 20.4. The number of carbonyl (C=O) groups is 2. The summed E-state index contributed by atoms with van der Waals surface area (Å²) in [6.07, 6.45) is 3.41. The summed E-state index contributed by atoms with van der Waals surface area (Å²) in [5, 5.41) is 4.75. The lowest BCUT2D eigenvalue weighted by Gasteiger charge is -2.34. The molecule has 1 aliphatic heterocycles. The third-order valence-corrected chi connectivity index (χ3v) is 5.67. The van der Waals surface area contributed by atoms with Gasteiger partial charge in [-0.25, -0.2) is 0 Å². The second-order valence-electron chi connectivity index (χ2n) is 6.66. The van der Waals surface area contributed by atoms with Crippen LogP contribution < -0.4 is 0 Å². The molecular weight excluding hydrogens is 401 g/mol. The number of amides is 2. The smallest absolute Gasteiger partial charge is 0.246 e. The predicted octanol–water partition coefficient (Wildman–Crippen LogP) is 3.52. The summed E-state index contributed by atoms with van der Waals surface area (Å²) in [6, 6.07) is 5.27. The monoisotopic (exact) mass is 421 g/mol. The van der Waals surface area contributed by atoms with Crippen LogP contribution in [0.2, 0.25) is 10.0 Å². The molecule has 0 unspecified atom stereocenters. The van der Waals surface area contributed by atoms with E-state index in [1.54, 1.807) is 41.0 Å². The number of halogens is 2. The molecule has 0 N–H and O–H groups in total. The van der Waals surface area contributed by atoms with Gasteiger partial charge in [-0.2, -0.15) is 0 Å². The molecule has 1 aromatic carbocycles. The molecule has 2 heterocycles. The van der Waals surface area contributed by atoms with E-state index >= 15 is 0 Å². The van der Waals surface area contributed by atoms with Crippen molar-refractivity contribution in [2.24, 2.45) is 0 Å². The van der Waals surface area contributed by atoms with Gasteiger partial charge in [0.2, 0.25) is 11.8 Å². The topological polar surface area (TPSA) is 66.7 Å². The second-order valence-corrected chi connectivity index (χ2v) is 7.45. The van der Waals surface area contributed by atoms with Crippen LogP contribution in [0.1, 0.15) is 22.6 Å². The summed E-state index contributed by atoms with van der Waals surface area (Å²) >= 11 is 12.1. The van der Waals surface area contributed by atoms with E-state index in [2.05, 4.69) is 5.16 Å². The largest absolute Gasteiger partial charge is 0.361 e. The Kier molecular flexibility index (Phi) is 6.42. The van der Waals surface area contributed by atoms with Crippen molar-refractivity contribution in [1.82, 2.24) is 15.0 Å². The van der Waals surface area contributed by atoms with E-state index in [1.165, 1.54) is 6.08 Å². The molecule has 2 amide bonds. The Morgan fingerprint density at radius 2 is 1.82 bits per heavy atom. The lowest BCUT2D eigenvalue weighted by atomic mass is 10.1. The molecule has 28 heavy (non-hydrogen) atoms. The van der Waals surface area contributed by atoms with Crippen LogP contribution in [-0.4, -0.2) is 52.9 Å². The highest BCUT2D eigenvalue weighted by Crippen LogP contribution is 2.26. The van der Waals surface area contributed by atoms with Gasteiger partial charge >= 0.3 is 0 Å². The summed E-state index contributed by atoms with van der Waals surface area (Å²) in [5.74, 6) is 0.570. The van der Waals surface area contributed by atoms with Gasteiger partial charge in [-0.15, -0.1) is 0 Å². The average molecular weight is 422 g/mol. The van der Waals surface area contributed by atoms with Crippen molar-refractivity contribution in [1.29, 1.82) is 0 Å². The number of nitrogens with zero attached hydrogens (tertiary/aromatic N) is 3. The highest BCUT2D eigenvalue weighted by atomic mass is 35.5. The molecule has 0 atom stereocenters. The molecule has 6 nitrogen and oxygen atoms in total. The fourth-order valence-corrected chi connectivity index (χ4v) is 3.48. The minimum Gasteiger partial charge on any atom is -0.361 e. The Hall–Kier alpha value is -2.31.